The van der Waals surface area contributed by atoms with Crippen molar-refractivity contribution in [1.82, 2.24) is 9.80 Å². The monoisotopic (exact) mass is 620 g/mol. The molecule has 0 bridgehead atoms. The van der Waals surface area contributed by atoms with Crippen LogP contribution in [0.25, 0.3) is 0 Å². The molecule has 2 N–H and O–H groups in total. The molecule has 46 heavy (non-hydrogen) atoms. The lowest BCUT2D eigenvalue weighted by Gasteiger charge is -2.32. The van der Waals surface area contributed by atoms with Crippen molar-refractivity contribution in [3.63, 3.8) is 0 Å². The topological polar surface area (TPSA) is 81.1 Å². The largest absolute Gasteiger partial charge is 0.480 e. The molecule has 4 rings (SSSR count). The lowest BCUT2D eigenvalue weighted by atomic mass is 9.71. The Bertz CT molecular complexity index is 1290. The van der Waals surface area contributed by atoms with Crippen molar-refractivity contribution in [1.29, 1.82) is 0 Å². The summed E-state index contributed by atoms with van der Waals surface area (Å²) in [5.41, 5.74) is 1.00. The summed E-state index contributed by atoms with van der Waals surface area (Å²) in [6.45, 7) is 3.53. The predicted molar refractivity (Wildman–Crippen MR) is 185 cm³/mol. The molecule has 0 atom stereocenters. The van der Waals surface area contributed by atoms with E-state index in [9.17, 15) is 19.8 Å². The van der Waals surface area contributed by atoms with Crippen molar-refractivity contribution in [2.45, 2.75) is 49.4 Å². The van der Waals surface area contributed by atoms with Gasteiger partial charge in [0.15, 0.2) is 0 Å². The molecule has 6 nitrogen and oxygen atoms in total. The van der Waals surface area contributed by atoms with E-state index >= 15 is 0 Å². The second-order valence-electron chi connectivity index (χ2n) is 12.4. The molecule has 0 amide bonds. The van der Waals surface area contributed by atoms with Crippen LogP contribution < -0.4 is 0 Å². The number of nitrogens with zero attached hydrogens (tertiary/aromatic N) is 2. The van der Waals surface area contributed by atoms with Crippen LogP contribution >= 0.6 is 0 Å². The Morgan fingerprint density at radius 1 is 0.478 bits per heavy atom. The number of carbonyl (C=O) groups is 2. The molecule has 0 aliphatic rings. The Morgan fingerprint density at radius 3 is 1.04 bits per heavy atom. The number of carboxylic acids is 2. The zero-order valence-electron chi connectivity index (χ0n) is 27.2. The summed E-state index contributed by atoms with van der Waals surface area (Å²) >= 11 is 0. The summed E-state index contributed by atoms with van der Waals surface area (Å²) < 4.78 is 0. The second-order valence-corrected chi connectivity index (χ2v) is 12.4. The first kappa shape index (κ1) is 34.6. The van der Waals surface area contributed by atoms with Gasteiger partial charge in [0.25, 0.3) is 0 Å². The van der Waals surface area contributed by atoms with Gasteiger partial charge in [0.2, 0.25) is 0 Å². The van der Waals surface area contributed by atoms with Gasteiger partial charge in [0.1, 0.15) is 10.8 Å². The van der Waals surface area contributed by atoms with E-state index in [1.54, 1.807) is 0 Å². The normalized spacial score (nSPS) is 12.0. The maximum absolute atomic E-state index is 13.0. The van der Waals surface area contributed by atoms with E-state index in [0.29, 0.717) is 12.8 Å². The van der Waals surface area contributed by atoms with Crippen molar-refractivity contribution in [3.8, 4) is 0 Å². The second kappa shape index (κ2) is 16.9. The summed E-state index contributed by atoms with van der Waals surface area (Å²) in [6, 6.07) is 38.3. The number of likely N-dealkylation sites (N-methyl/N-ethyl adjacent to an activating group) is 1. The van der Waals surface area contributed by atoms with Crippen molar-refractivity contribution in [2.75, 3.05) is 40.3 Å². The Balaban J connectivity index is 1.43. The standard InChI is InChI=1S/C40H48N2O4/c1-41(2)31-32-42(29-17-15-27-39(37(43)44,33-19-7-3-8-20-33)34-21-9-4-10-22-34)30-18-16-28-40(38(45)46,35-23-11-5-12-24-35)36-25-13-6-14-26-36/h3-14,19-26H,15-18,27-32H2,1-2H3,(H,43,44)(H,45,46). The first-order valence-electron chi connectivity index (χ1n) is 16.4. The van der Waals surface area contributed by atoms with Gasteiger partial charge < -0.3 is 20.0 Å². The third-order valence-electron chi connectivity index (χ3n) is 9.21. The van der Waals surface area contributed by atoms with Crippen LogP contribution in [-0.2, 0) is 20.4 Å². The molecule has 0 fully saturated rings. The molecule has 0 aromatic heterocycles. The summed E-state index contributed by atoms with van der Waals surface area (Å²) in [5, 5.41) is 21.3. The van der Waals surface area contributed by atoms with Crippen LogP contribution in [0.2, 0.25) is 0 Å². The van der Waals surface area contributed by atoms with Gasteiger partial charge in [-0.3, -0.25) is 9.59 Å². The van der Waals surface area contributed by atoms with Crippen molar-refractivity contribution in [3.05, 3.63) is 144 Å². The van der Waals surface area contributed by atoms with Gasteiger partial charge in [-0.15, -0.1) is 0 Å². The minimum absolute atomic E-state index is 0.507. The van der Waals surface area contributed by atoms with Crippen LogP contribution in [0, 0.1) is 0 Å². The Hall–Kier alpha value is -4.26. The molecule has 0 aliphatic heterocycles. The number of rotatable bonds is 19. The molecule has 0 saturated heterocycles. The van der Waals surface area contributed by atoms with Crippen LogP contribution in [0.1, 0.15) is 60.8 Å². The Labute approximate surface area is 274 Å². The molecule has 4 aromatic carbocycles. The molecule has 4 aromatic rings. The Morgan fingerprint density at radius 2 is 0.783 bits per heavy atom. The Kier molecular flexibility index (Phi) is 12.7. The van der Waals surface area contributed by atoms with Gasteiger partial charge in [-0.2, -0.15) is 0 Å². The fourth-order valence-corrected chi connectivity index (χ4v) is 6.64. The summed E-state index contributed by atoms with van der Waals surface area (Å²) in [4.78, 5) is 30.6. The first-order chi connectivity index (χ1) is 22.3. The number of hydrogen-bond acceptors (Lipinski definition) is 4. The van der Waals surface area contributed by atoms with Crippen LogP contribution in [0.3, 0.4) is 0 Å². The predicted octanol–water partition coefficient (Wildman–Crippen LogP) is 7.33. The van der Waals surface area contributed by atoms with Gasteiger partial charge in [0.05, 0.1) is 0 Å². The highest BCUT2D eigenvalue weighted by Crippen LogP contribution is 2.39. The zero-order chi connectivity index (χ0) is 32.8. The molecular formula is C40H48N2O4. The van der Waals surface area contributed by atoms with E-state index < -0.39 is 22.8 Å². The SMILES string of the molecule is CN(C)CCN(CCCCC(C(=O)O)(c1ccccc1)c1ccccc1)CCCCC(C(=O)O)(c1ccccc1)c1ccccc1. The number of unbranched alkanes of at least 4 members (excludes halogenated alkanes) is 2. The highest BCUT2D eigenvalue weighted by Gasteiger charge is 2.42. The fraction of sp³-hybridized carbons (Fsp3) is 0.350. The van der Waals surface area contributed by atoms with Crippen molar-refractivity contribution >= 4 is 11.9 Å². The molecule has 0 radical (unpaired) electrons. The molecule has 0 saturated carbocycles. The van der Waals surface area contributed by atoms with E-state index in [1.165, 1.54) is 0 Å². The highest BCUT2D eigenvalue weighted by atomic mass is 16.4. The lowest BCUT2D eigenvalue weighted by Crippen LogP contribution is -2.38. The number of hydrogen-bond donors (Lipinski definition) is 2. The average Bonchev–Trinajstić information content (AvgIpc) is 3.08. The molecule has 0 unspecified atom stereocenters. The van der Waals surface area contributed by atoms with Gasteiger partial charge in [-0.05, 0) is 75.1 Å². The molecule has 6 heteroatoms. The van der Waals surface area contributed by atoms with Gasteiger partial charge in [-0.25, -0.2) is 0 Å². The molecule has 242 valence electrons. The molecular weight excluding hydrogens is 572 g/mol. The maximum atomic E-state index is 13.0. The van der Waals surface area contributed by atoms with Crippen LogP contribution in [0.15, 0.2) is 121 Å². The average molecular weight is 621 g/mol. The van der Waals surface area contributed by atoms with Gasteiger partial charge in [-0.1, -0.05) is 134 Å². The van der Waals surface area contributed by atoms with E-state index in [4.69, 9.17) is 0 Å². The highest BCUT2D eigenvalue weighted by molar-refractivity contribution is 5.86. The summed E-state index contributed by atoms with van der Waals surface area (Å²) in [7, 11) is 4.14. The number of carboxylic acid groups (broad SMARTS) is 2. The third-order valence-corrected chi connectivity index (χ3v) is 9.21. The van der Waals surface area contributed by atoms with E-state index in [-0.39, 0.29) is 0 Å². The van der Waals surface area contributed by atoms with E-state index in [2.05, 4.69) is 23.9 Å². The number of aliphatic carboxylic acids is 2. The van der Waals surface area contributed by atoms with Crippen LogP contribution in [-0.4, -0.2) is 72.2 Å². The maximum Gasteiger partial charge on any atom is 0.318 e. The first-order valence-corrected chi connectivity index (χ1v) is 16.4. The van der Waals surface area contributed by atoms with Crippen LogP contribution in [0.5, 0.6) is 0 Å². The molecule has 0 spiro atoms. The van der Waals surface area contributed by atoms with Gasteiger partial charge >= 0.3 is 11.9 Å². The zero-order valence-corrected chi connectivity index (χ0v) is 27.2. The van der Waals surface area contributed by atoms with E-state index in [0.717, 1.165) is 74.1 Å². The van der Waals surface area contributed by atoms with E-state index in [1.807, 2.05) is 121 Å². The summed E-state index contributed by atoms with van der Waals surface area (Å²) in [6.07, 6.45) is 4.28. The van der Waals surface area contributed by atoms with Crippen LogP contribution in [0.4, 0.5) is 0 Å². The van der Waals surface area contributed by atoms with Crippen molar-refractivity contribution in [2.24, 2.45) is 0 Å². The minimum Gasteiger partial charge on any atom is -0.480 e. The third kappa shape index (κ3) is 8.31. The lowest BCUT2D eigenvalue weighted by molar-refractivity contribution is -0.143. The van der Waals surface area contributed by atoms with Crippen molar-refractivity contribution < 1.29 is 19.8 Å². The minimum atomic E-state index is -1.11. The smallest absolute Gasteiger partial charge is 0.318 e. The molecule has 0 aliphatic carbocycles. The quantitative estimate of drug-likeness (QED) is 0.107. The molecule has 0 heterocycles. The fourth-order valence-electron chi connectivity index (χ4n) is 6.64. The summed E-state index contributed by atoms with van der Waals surface area (Å²) in [5.74, 6) is -1.65. The number of benzene rings is 4. The van der Waals surface area contributed by atoms with Gasteiger partial charge in [0, 0.05) is 13.1 Å².